The molecular weight excluding hydrogens is 170 g/mol. The lowest BCUT2D eigenvalue weighted by molar-refractivity contribution is 0.552. The molecule has 76 valence electrons. The van der Waals surface area contributed by atoms with Crippen LogP contribution in [0.5, 0.6) is 0 Å². The predicted octanol–water partition coefficient (Wildman–Crippen LogP) is 2.78. The van der Waals surface area contributed by atoms with E-state index in [2.05, 4.69) is 49.2 Å². The van der Waals surface area contributed by atoms with Crippen molar-refractivity contribution in [3.05, 3.63) is 48.6 Å². The molecule has 1 atom stereocenters. The van der Waals surface area contributed by atoms with E-state index in [1.807, 2.05) is 6.08 Å². The van der Waals surface area contributed by atoms with Crippen LogP contribution < -0.4 is 5.32 Å². The zero-order valence-electron chi connectivity index (χ0n) is 8.87. The second-order valence-corrected chi connectivity index (χ2v) is 3.62. The van der Waals surface area contributed by atoms with Gasteiger partial charge in [0.2, 0.25) is 0 Å². The minimum atomic E-state index is 0.539. The molecule has 1 N–H and O–H groups in total. The van der Waals surface area contributed by atoms with Crippen molar-refractivity contribution in [1.29, 1.82) is 0 Å². The maximum absolute atomic E-state index is 3.70. The van der Waals surface area contributed by atoms with Crippen molar-refractivity contribution in [3.8, 4) is 0 Å². The van der Waals surface area contributed by atoms with E-state index in [0.717, 1.165) is 19.4 Å². The highest BCUT2D eigenvalue weighted by atomic mass is 14.9. The molecule has 1 heteroatoms. The van der Waals surface area contributed by atoms with Gasteiger partial charge in [-0.2, -0.15) is 0 Å². The fraction of sp³-hybridized carbons (Fsp3) is 0.385. The summed E-state index contributed by atoms with van der Waals surface area (Å²) in [7, 11) is 0. The normalized spacial score (nSPS) is 12.4. The van der Waals surface area contributed by atoms with E-state index in [0.29, 0.717) is 6.04 Å². The molecule has 0 spiro atoms. The Morgan fingerprint density at radius 2 is 2.07 bits per heavy atom. The molecule has 0 aliphatic rings. The second kappa shape index (κ2) is 6.39. The van der Waals surface area contributed by atoms with Crippen molar-refractivity contribution >= 4 is 0 Å². The summed E-state index contributed by atoms with van der Waals surface area (Å²) in [4.78, 5) is 0. The van der Waals surface area contributed by atoms with Crippen LogP contribution in [-0.4, -0.2) is 12.6 Å². The highest BCUT2D eigenvalue weighted by Crippen LogP contribution is 2.02. The van der Waals surface area contributed by atoms with Gasteiger partial charge < -0.3 is 5.32 Å². The molecule has 1 aromatic carbocycles. The number of benzene rings is 1. The number of nitrogens with one attached hydrogen (secondary N) is 1. The molecule has 0 saturated carbocycles. The van der Waals surface area contributed by atoms with Gasteiger partial charge in [-0.05, 0) is 31.9 Å². The molecule has 1 rings (SSSR count). The van der Waals surface area contributed by atoms with Crippen LogP contribution in [0.15, 0.2) is 43.0 Å². The summed E-state index contributed by atoms with van der Waals surface area (Å²) in [5.74, 6) is 0. The van der Waals surface area contributed by atoms with E-state index in [1.165, 1.54) is 5.56 Å². The largest absolute Gasteiger partial charge is 0.314 e. The Hall–Kier alpha value is -1.08. The fourth-order valence-corrected chi connectivity index (χ4v) is 1.47. The van der Waals surface area contributed by atoms with Crippen LogP contribution in [0.3, 0.4) is 0 Å². The molecular formula is C13H19N. The standard InChI is InChI=1S/C13H19N/c1-3-4-10-14-12(2)11-13-8-6-5-7-9-13/h3,5-9,12,14H,1,4,10-11H2,2H3. The van der Waals surface area contributed by atoms with Crippen molar-refractivity contribution in [2.45, 2.75) is 25.8 Å². The van der Waals surface area contributed by atoms with Gasteiger partial charge in [-0.3, -0.25) is 0 Å². The number of rotatable bonds is 6. The van der Waals surface area contributed by atoms with E-state index < -0.39 is 0 Å². The Bertz CT molecular complexity index is 253. The lowest BCUT2D eigenvalue weighted by atomic mass is 10.1. The summed E-state index contributed by atoms with van der Waals surface area (Å²) in [6, 6.07) is 11.1. The molecule has 0 fully saturated rings. The quantitative estimate of drug-likeness (QED) is 0.536. The van der Waals surface area contributed by atoms with E-state index in [1.54, 1.807) is 0 Å². The summed E-state index contributed by atoms with van der Waals surface area (Å²) in [6.07, 6.45) is 4.08. The summed E-state index contributed by atoms with van der Waals surface area (Å²) >= 11 is 0. The smallest absolute Gasteiger partial charge is 0.00792 e. The van der Waals surface area contributed by atoms with Crippen LogP contribution in [0.25, 0.3) is 0 Å². The fourth-order valence-electron chi connectivity index (χ4n) is 1.47. The van der Waals surface area contributed by atoms with Crippen LogP contribution >= 0.6 is 0 Å². The summed E-state index contributed by atoms with van der Waals surface area (Å²) in [6.45, 7) is 6.95. The minimum absolute atomic E-state index is 0.539. The van der Waals surface area contributed by atoms with E-state index in [-0.39, 0.29) is 0 Å². The molecule has 1 nitrogen and oxygen atoms in total. The van der Waals surface area contributed by atoms with Crippen molar-refractivity contribution < 1.29 is 0 Å². The molecule has 0 aromatic heterocycles. The van der Waals surface area contributed by atoms with Gasteiger partial charge in [0.15, 0.2) is 0 Å². The van der Waals surface area contributed by atoms with Crippen molar-refractivity contribution in [3.63, 3.8) is 0 Å². The van der Waals surface area contributed by atoms with Crippen LogP contribution in [0.4, 0.5) is 0 Å². The average Bonchev–Trinajstić information content (AvgIpc) is 2.20. The zero-order chi connectivity index (χ0) is 10.2. The van der Waals surface area contributed by atoms with Gasteiger partial charge in [-0.15, -0.1) is 6.58 Å². The van der Waals surface area contributed by atoms with E-state index in [4.69, 9.17) is 0 Å². The minimum Gasteiger partial charge on any atom is -0.314 e. The first kappa shape index (κ1) is 11.0. The number of hydrogen-bond donors (Lipinski definition) is 1. The Kier molecular flexibility index (Phi) is 5.02. The third-order valence-electron chi connectivity index (χ3n) is 2.23. The molecule has 0 bridgehead atoms. The lowest BCUT2D eigenvalue weighted by Crippen LogP contribution is -2.28. The monoisotopic (exact) mass is 189 g/mol. The first-order valence-corrected chi connectivity index (χ1v) is 5.21. The summed E-state index contributed by atoms with van der Waals surface area (Å²) < 4.78 is 0. The van der Waals surface area contributed by atoms with Crippen molar-refractivity contribution in [2.24, 2.45) is 0 Å². The van der Waals surface area contributed by atoms with Gasteiger partial charge in [-0.25, -0.2) is 0 Å². The first-order chi connectivity index (χ1) is 6.83. The van der Waals surface area contributed by atoms with E-state index >= 15 is 0 Å². The third kappa shape index (κ3) is 4.24. The van der Waals surface area contributed by atoms with E-state index in [9.17, 15) is 0 Å². The zero-order valence-corrected chi connectivity index (χ0v) is 8.87. The van der Waals surface area contributed by atoms with Crippen LogP contribution in [0.2, 0.25) is 0 Å². The molecule has 0 amide bonds. The van der Waals surface area contributed by atoms with Gasteiger partial charge in [0.05, 0.1) is 0 Å². The SMILES string of the molecule is C=CCCNC(C)Cc1ccccc1. The topological polar surface area (TPSA) is 12.0 Å². The Balaban J connectivity index is 2.26. The second-order valence-electron chi connectivity index (χ2n) is 3.62. The van der Waals surface area contributed by atoms with Crippen LogP contribution in [0, 0.1) is 0 Å². The molecule has 0 aliphatic heterocycles. The Morgan fingerprint density at radius 3 is 2.71 bits per heavy atom. The summed E-state index contributed by atoms with van der Waals surface area (Å²) in [5, 5.41) is 3.46. The molecule has 1 unspecified atom stereocenters. The van der Waals surface area contributed by atoms with Gasteiger partial charge in [0.25, 0.3) is 0 Å². The molecule has 0 aliphatic carbocycles. The first-order valence-electron chi connectivity index (χ1n) is 5.21. The van der Waals surface area contributed by atoms with Gasteiger partial charge >= 0.3 is 0 Å². The van der Waals surface area contributed by atoms with Gasteiger partial charge in [-0.1, -0.05) is 36.4 Å². The molecule has 1 aromatic rings. The Morgan fingerprint density at radius 1 is 1.36 bits per heavy atom. The Labute approximate surface area is 86.8 Å². The highest BCUT2D eigenvalue weighted by molar-refractivity contribution is 5.15. The molecule has 0 saturated heterocycles. The molecule has 14 heavy (non-hydrogen) atoms. The third-order valence-corrected chi connectivity index (χ3v) is 2.23. The molecule has 0 radical (unpaired) electrons. The lowest BCUT2D eigenvalue weighted by Gasteiger charge is -2.12. The van der Waals surface area contributed by atoms with Gasteiger partial charge in [0.1, 0.15) is 0 Å². The predicted molar refractivity (Wildman–Crippen MR) is 62.4 cm³/mol. The van der Waals surface area contributed by atoms with Crippen LogP contribution in [-0.2, 0) is 6.42 Å². The maximum Gasteiger partial charge on any atom is 0.00792 e. The summed E-state index contributed by atoms with van der Waals surface area (Å²) in [5.41, 5.74) is 1.39. The van der Waals surface area contributed by atoms with Crippen molar-refractivity contribution in [1.82, 2.24) is 5.32 Å². The highest BCUT2D eigenvalue weighted by Gasteiger charge is 2.00. The maximum atomic E-state index is 3.70. The molecule has 0 heterocycles. The average molecular weight is 189 g/mol. The van der Waals surface area contributed by atoms with Gasteiger partial charge in [0, 0.05) is 6.04 Å². The number of hydrogen-bond acceptors (Lipinski definition) is 1. The van der Waals surface area contributed by atoms with Crippen molar-refractivity contribution in [2.75, 3.05) is 6.54 Å². The van der Waals surface area contributed by atoms with Crippen LogP contribution in [0.1, 0.15) is 18.9 Å².